The van der Waals surface area contributed by atoms with E-state index in [1.165, 1.54) is 16.3 Å². The van der Waals surface area contributed by atoms with Gasteiger partial charge in [-0.1, -0.05) is 22.0 Å². The molecule has 5 heteroatoms. The first kappa shape index (κ1) is 14.6. The minimum absolute atomic E-state index is 0.552. The van der Waals surface area contributed by atoms with Crippen LogP contribution in [-0.4, -0.2) is 53.8 Å². The number of hydrogen-bond donors (Lipinski definition) is 0. The highest BCUT2D eigenvalue weighted by Crippen LogP contribution is 2.23. The Morgan fingerprint density at radius 1 is 1.14 bits per heavy atom. The summed E-state index contributed by atoms with van der Waals surface area (Å²) in [5.74, 6) is 0. The molecule has 1 saturated heterocycles. The van der Waals surface area contributed by atoms with Crippen molar-refractivity contribution in [2.45, 2.75) is 6.54 Å². The fraction of sp³-hybridized carbons (Fsp3) is 0.375. The predicted molar refractivity (Wildman–Crippen MR) is 87.2 cm³/mol. The summed E-state index contributed by atoms with van der Waals surface area (Å²) in [7, 11) is 0. The molecule has 0 unspecified atom stereocenters. The quantitative estimate of drug-likeness (QED) is 0.795. The van der Waals surface area contributed by atoms with Gasteiger partial charge in [0.15, 0.2) is 0 Å². The zero-order chi connectivity index (χ0) is 14.7. The summed E-state index contributed by atoms with van der Waals surface area (Å²) in [5, 5.41) is 2.44. The van der Waals surface area contributed by atoms with E-state index in [-0.39, 0.29) is 0 Å². The Kier molecular flexibility index (Phi) is 4.63. The number of carbonyl (C=O) groups excluding carboxylic acids is 1. The van der Waals surface area contributed by atoms with Gasteiger partial charge in [0.2, 0.25) is 0 Å². The van der Waals surface area contributed by atoms with Crippen molar-refractivity contribution in [1.29, 1.82) is 0 Å². The normalized spacial score (nSPS) is 17.2. The maximum absolute atomic E-state index is 10.6. The SMILES string of the molecule is O=CCN1CCN(Cc2cncc3ccc(Br)cc23)CC1. The zero-order valence-electron chi connectivity index (χ0n) is 11.8. The van der Waals surface area contributed by atoms with E-state index in [9.17, 15) is 4.79 Å². The lowest BCUT2D eigenvalue weighted by Gasteiger charge is -2.33. The summed E-state index contributed by atoms with van der Waals surface area (Å²) in [6.07, 6.45) is 4.86. The molecule has 110 valence electrons. The number of hydrogen-bond acceptors (Lipinski definition) is 4. The van der Waals surface area contributed by atoms with Crippen LogP contribution in [-0.2, 0) is 11.3 Å². The van der Waals surface area contributed by atoms with Crippen LogP contribution in [0.25, 0.3) is 10.8 Å². The van der Waals surface area contributed by atoms with Crippen LogP contribution >= 0.6 is 15.9 Å². The second-order valence-electron chi connectivity index (χ2n) is 5.41. The number of fused-ring (bicyclic) bond motifs is 1. The van der Waals surface area contributed by atoms with Gasteiger partial charge in [0.25, 0.3) is 0 Å². The number of halogens is 1. The molecule has 0 radical (unpaired) electrons. The first-order chi connectivity index (χ1) is 10.3. The third-order valence-corrected chi connectivity index (χ3v) is 4.49. The van der Waals surface area contributed by atoms with Gasteiger partial charge in [-0.25, -0.2) is 0 Å². The smallest absolute Gasteiger partial charge is 0.133 e. The minimum atomic E-state index is 0.552. The molecule has 1 aromatic heterocycles. The molecule has 0 N–H and O–H groups in total. The molecule has 1 aliphatic heterocycles. The molecule has 1 aliphatic rings. The third-order valence-electron chi connectivity index (χ3n) is 4.00. The van der Waals surface area contributed by atoms with Gasteiger partial charge in [-0.3, -0.25) is 14.8 Å². The Hall–Kier alpha value is -1.30. The summed E-state index contributed by atoms with van der Waals surface area (Å²) in [6, 6.07) is 6.30. The van der Waals surface area contributed by atoms with Crippen LogP contribution in [0.3, 0.4) is 0 Å². The van der Waals surface area contributed by atoms with Crippen LogP contribution in [0.15, 0.2) is 35.1 Å². The lowest BCUT2D eigenvalue weighted by molar-refractivity contribution is -0.109. The van der Waals surface area contributed by atoms with Crippen molar-refractivity contribution in [3.8, 4) is 0 Å². The van der Waals surface area contributed by atoms with Crippen LogP contribution < -0.4 is 0 Å². The van der Waals surface area contributed by atoms with Crippen LogP contribution in [0, 0.1) is 0 Å². The molecule has 0 aliphatic carbocycles. The lowest BCUT2D eigenvalue weighted by Crippen LogP contribution is -2.46. The van der Waals surface area contributed by atoms with Gasteiger partial charge in [-0.15, -0.1) is 0 Å². The van der Waals surface area contributed by atoms with Crippen LogP contribution in [0.5, 0.6) is 0 Å². The standard InChI is InChI=1S/C16H18BrN3O/c17-15-2-1-13-10-18-11-14(16(13)9-15)12-20-5-3-19(4-6-20)7-8-21/h1-2,8-11H,3-7,12H2. The Morgan fingerprint density at radius 3 is 2.67 bits per heavy atom. The van der Waals surface area contributed by atoms with Crippen molar-refractivity contribution >= 4 is 33.0 Å². The highest BCUT2D eigenvalue weighted by atomic mass is 79.9. The molecule has 21 heavy (non-hydrogen) atoms. The minimum Gasteiger partial charge on any atom is -0.302 e. The summed E-state index contributed by atoms with van der Waals surface area (Å²) in [6.45, 7) is 5.38. The molecule has 2 aromatic rings. The number of nitrogens with zero attached hydrogens (tertiary/aromatic N) is 3. The number of aldehydes is 1. The first-order valence-corrected chi connectivity index (χ1v) is 7.96. The van der Waals surface area contributed by atoms with E-state index in [2.05, 4.69) is 42.8 Å². The summed E-state index contributed by atoms with van der Waals surface area (Å²) >= 11 is 3.54. The van der Waals surface area contributed by atoms with Crippen LogP contribution in [0.2, 0.25) is 0 Å². The van der Waals surface area contributed by atoms with Crippen molar-refractivity contribution in [3.63, 3.8) is 0 Å². The third kappa shape index (κ3) is 3.48. The summed E-state index contributed by atoms with van der Waals surface area (Å²) < 4.78 is 1.10. The highest BCUT2D eigenvalue weighted by molar-refractivity contribution is 9.10. The number of piperazine rings is 1. The van der Waals surface area contributed by atoms with E-state index in [1.807, 2.05) is 18.5 Å². The molecule has 4 nitrogen and oxygen atoms in total. The largest absolute Gasteiger partial charge is 0.302 e. The van der Waals surface area contributed by atoms with Crippen molar-refractivity contribution in [1.82, 2.24) is 14.8 Å². The molecule has 0 saturated carbocycles. The first-order valence-electron chi connectivity index (χ1n) is 7.17. The average Bonchev–Trinajstić information content (AvgIpc) is 2.50. The van der Waals surface area contributed by atoms with Gasteiger partial charge in [-0.05, 0) is 23.1 Å². The predicted octanol–water partition coefficient (Wildman–Crippen LogP) is 2.31. The van der Waals surface area contributed by atoms with Gasteiger partial charge in [0.1, 0.15) is 6.29 Å². The number of rotatable bonds is 4. The fourth-order valence-corrected chi connectivity index (χ4v) is 3.16. The highest BCUT2D eigenvalue weighted by Gasteiger charge is 2.17. The van der Waals surface area contributed by atoms with Crippen molar-refractivity contribution in [3.05, 3.63) is 40.6 Å². The topological polar surface area (TPSA) is 36.4 Å². The fourth-order valence-electron chi connectivity index (χ4n) is 2.80. The van der Waals surface area contributed by atoms with Crippen molar-refractivity contribution in [2.75, 3.05) is 32.7 Å². The lowest BCUT2D eigenvalue weighted by atomic mass is 10.1. The van der Waals surface area contributed by atoms with E-state index in [0.29, 0.717) is 6.54 Å². The maximum atomic E-state index is 10.6. The maximum Gasteiger partial charge on any atom is 0.133 e. The molecule has 1 fully saturated rings. The number of pyridine rings is 1. The van der Waals surface area contributed by atoms with Gasteiger partial charge in [-0.2, -0.15) is 0 Å². The van der Waals surface area contributed by atoms with Gasteiger partial charge in [0, 0.05) is 55.0 Å². The van der Waals surface area contributed by atoms with Gasteiger partial charge < -0.3 is 4.79 Å². The number of benzene rings is 1. The van der Waals surface area contributed by atoms with Crippen molar-refractivity contribution in [2.24, 2.45) is 0 Å². The second kappa shape index (κ2) is 6.64. The van der Waals surface area contributed by atoms with E-state index >= 15 is 0 Å². The molecule has 0 atom stereocenters. The van der Waals surface area contributed by atoms with Gasteiger partial charge in [0.05, 0.1) is 6.54 Å². The Morgan fingerprint density at radius 2 is 1.90 bits per heavy atom. The Labute approximate surface area is 132 Å². The van der Waals surface area contributed by atoms with Gasteiger partial charge >= 0.3 is 0 Å². The molecule has 1 aromatic carbocycles. The molecule has 2 heterocycles. The second-order valence-corrected chi connectivity index (χ2v) is 6.32. The zero-order valence-corrected chi connectivity index (χ0v) is 13.4. The Balaban J connectivity index is 1.74. The number of aromatic nitrogens is 1. The Bertz CT molecular complexity index is 638. The molecular formula is C16H18BrN3O. The average molecular weight is 348 g/mol. The van der Waals surface area contributed by atoms with Crippen LogP contribution in [0.4, 0.5) is 0 Å². The van der Waals surface area contributed by atoms with E-state index < -0.39 is 0 Å². The summed E-state index contributed by atoms with van der Waals surface area (Å²) in [5.41, 5.74) is 1.26. The number of carbonyl (C=O) groups is 1. The molecule has 0 bridgehead atoms. The molecule has 0 spiro atoms. The molecule has 0 amide bonds. The summed E-state index contributed by atoms with van der Waals surface area (Å²) in [4.78, 5) is 19.5. The van der Waals surface area contributed by atoms with E-state index in [4.69, 9.17) is 0 Å². The molecular weight excluding hydrogens is 330 g/mol. The van der Waals surface area contributed by atoms with Crippen LogP contribution in [0.1, 0.15) is 5.56 Å². The molecule has 3 rings (SSSR count). The van der Waals surface area contributed by atoms with Crippen molar-refractivity contribution < 1.29 is 4.79 Å². The monoisotopic (exact) mass is 347 g/mol. The van der Waals surface area contributed by atoms with E-state index in [1.54, 1.807) is 0 Å². The van der Waals surface area contributed by atoms with E-state index in [0.717, 1.165) is 43.5 Å².